The molecule has 0 aliphatic carbocycles. The predicted octanol–water partition coefficient (Wildman–Crippen LogP) is 2.81. The second-order valence-corrected chi connectivity index (χ2v) is 4.78. The topological polar surface area (TPSA) is 58.4 Å². The fraction of sp³-hybridized carbons (Fsp3) is 0.500. The van der Waals surface area contributed by atoms with Crippen molar-refractivity contribution in [1.82, 2.24) is 10.2 Å². The van der Waals surface area contributed by atoms with Gasteiger partial charge in [0.15, 0.2) is 0 Å². The van der Waals surface area contributed by atoms with Gasteiger partial charge in [-0.05, 0) is 44.3 Å². The minimum atomic E-state index is -0.149. The Balaban J connectivity index is 0.00000361. The molecule has 114 valence electrons. The van der Waals surface area contributed by atoms with Crippen molar-refractivity contribution >= 4 is 35.6 Å². The summed E-state index contributed by atoms with van der Waals surface area (Å²) in [6.07, 6.45) is 0.931. The van der Waals surface area contributed by atoms with E-state index in [0.29, 0.717) is 22.8 Å². The monoisotopic (exact) mass is 319 g/mol. The van der Waals surface area contributed by atoms with Gasteiger partial charge in [0, 0.05) is 12.2 Å². The standard InChI is InChI=1S/C14H22ClN3O.ClH/c1-3-18(4-2)9-5-8-17-14(19)12-7-6-11(16)10-13(12)15;/h6-7,10H,3-5,8-9,16H2,1-2H3,(H,17,19);1H. The van der Waals surface area contributed by atoms with Crippen LogP contribution in [0, 0.1) is 0 Å². The summed E-state index contributed by atoms with van der Waals surface area (Å²) in [5.41, 5.74) is 6.62. The molecule has 0 aliphatic heterocycles. The Kier molecular flexibility index (Phi) is 9.38. The average molecular weight is 320 g/mol. The largest absolute Gasteiger partial charge is 0.399 e. The van der Waals surface area contributed by atoms with Crippen LogP contribution in [0.25, 0.3) is 0 Å². The molecule has 0 fully saturated rings. The molecule has 0 bridgehead atoms. The maximum absolute atomic E-state index is 11.9. The van der Waals surface area contributed by atoms with Crippen LogP contribution >= 0.6 is 24.0 Å². The van der Waals surface area contributed by atoms with Crippen molar-refractivity contribution in [2.75, 3.05) is 31.9 Å². The molecule has 1 amide bonds. The molecular formula is C14H23Cl2N3O. The Morgan fingerprint density at radius 1 is 1.35 bits per heavy atom. The lowest BCUT2D eigenvalue weighted by Gasteiger charge is -2.17. The lowest BCUT2D eigenvalue weighted by Crippen LogP contribution is -2.30. The minimum Gasteiger partial charge on any atom is -0.399 e. The van der Waals surface area contributed by atoms with E-state index in [1.807, 2.05) is 0 Å². The average Bonchev–Trinajstić information content (AvgIpc) is 2.38. The molecule has 0 saturated heterocycles. The molecule has 0 saturated carbocycles. The van der Waals surface area contributed by atoms with Gasteiger partial charge in [0.25, 0.3) is 5.91 Å². The molecule has 1 rings (SSSR count). The van der Waals surface area contributed by atoms with Gasteiger partial charge in [-0.3, -0.25) is 4.79 Å². The third-order valence-corrected chi connectivity index (χ3v) is 3.38. The summed E-state index contributed by atoms with van der Waals surface area (Å²) in [6.45, 7) is 7.98. The number of nitrogen functional groups attached to an aromatic ring is 1. The van der Waals surface area contributed by atoms with E-state index in [1.54, 1.807) is 18.2 Å². The smallest absolute Gasteiger partial charge is 0.252 e. The third-order valence-electron chi connectivity index (χ3n) is 3.07. The summed E-state index contributed by atoms with van der Waals surface area (Å²) >= 11 is 5.98. The number of nitrogens with two attached hydrogens (primary N) is 1. The number of amides is 1. The van der Waals surface area contributed by atoms with Gasteiger partial charge in [0.2, 0.25) is 0 Å². The van der Waals surface area contributed by atoms with Gasteiger partial charge in [-0.25, -0.2) is 0 Å². The van der Waals surface area contributed by atoms with Gasteiger partial charge in [-0.1, -0.05) is 25.4 Å². The van der Waals surface area contributed by atoms with E-state index in [2.05, 4.69) is 24.1 Å². The zero-order chi connectivity index (χ0) is 14.3. The summed E-state index contributed by atoms with van der Waals surface area (Å²) in [6, 6.07) is 4.92. The Hall–Kier alpha value is -0.970. The lowest BCUT2D eigenvalue weighted by atomic mass is 10.2. The number of carbonyl (C=O) groups excluding carboxylic acids is 1. The van der Waals surface area contributed by atoms with Gasteiger partial charge in [-0.15, -0.1) is 12.4 Å². The first-order valence-electron chi connectivity index (χ1n) is 6.64. The Morgan fingerprint density at radius 3 is 2.55 bits per heavy atom. The maximum atomic E-state index is 11.9. The second kappa shape index (κ2) is 9.86. The predicted molar refractivity (Wildman–Crippen MR) is 87.9 cm³/mol. The number of nitrogens with zero attached hydrogens (tertiary/aromatic N) is 1. The van der Waals surface area contributed by atoms with Crippen LogP contribution in [0.2, 0.25) is 5.02 Å². The zero-order valence-corrected chi connectivity index (χ0v) is 13.6. The number of rotatable bonds is 7. The van der Waals surface area contributed by atoms with E-state index in [4.69, 9.17) is 17.3 Å². The van der Waals surface area contributed by atoms with Gasteiger partial charge in [0.05, 0.1) is 10.6 Å². The second-order valence-electron chi connectivity index (χ2n) is 4.38. The molecule has 0 aromatic heterocycles. The van der Waals surface area contributed by atoms with Crippen molar-refractivity contribution in [2.45, 2.75) is 20.3 Å². The van der Waals surface area contributed by atoms with E-state index in [-0.39, 0.29) is 18.3 Å². The van der Waals surface area contributed by atoms with Crippen molar-refractivity contribution in [1.29, 1.82) is 0 Å². The molecule has 20 heavy (non-hydrogen) atoms. The number of hydrogen-bond acceptors (Lipinski definition) is 3. The minimum absolute atomic E-state index is 0. The Morgan fingerprint density at radius 2 is 2.00 bits per heavy atom. The number of benzene rings is 1. The van der Waals surface area contributed by atoms with Crippen LogP contribution in [0.5, 0.6) is 0 Å². The fourth-order valence-electron chi connectivity index (χ4n) is 1.86. The summed E-state index contributed by atoms with van der Waals surface area (Å²) in [4.78, 5) is 14.2. The number of hydrogen-bond donors (Lipinski definition) is 2. The van der Waals surface area contributed by atoms with Crippen LogP contribution in [-0.2, 0) is 0 Å². The van der Waals surface area contributed by atoms with E-state index in [0.717, 1.165) is 26.1 Å². The fourth-order valence-corrected chi connectivity index (χ4v) is 2.13. The molecule has 0 atom stereocenters. The first-order chi connectivity index (χ1) is 9.08. The Bertz CT molecular complexity index is 423. The normalized spacial score (nSPS) is 10.2. The number of carbonyl (C=O) groups is 1. The molecule has 0 unspecified atom stereocenters. The molecule has 0 radical (unpaired) electrons. The first kappa shape index (κ1) is 19.0. The highest BCUT2D eigenvalue weighted by Gasteiger charge is 2.09. The lowest BCUT2D eigenvalue weighted by molar-refractivity contribution is 0.0952. The maximum Gasteiger partial charge on any atom is 0.252 e. The van der Waals surface area contributed by atoms with Crippen molar-refractivity contribution in [3.05, 3.63) is 28.8 Å². The van der Waals surface area contributed by atoms with Crippen molar-refractivity contribution in [2.24, 2.45) is 0 Å². The number of anilines is 1. The van der Waals surface area contributed by atoms with Crippen LogP contribution in [0.15, 0.2) is 18.2 Å². The van der Waals surface area contributed by atoms with Crippen molar-refractivity contribution in [3.63, 3.8) is 0 Å². The van der Waals surface area contributed by atoms with Crippen LogP contribution in [-0.4, -0.2) is 37.0 Å². The van der Waals surface area contributed by atoms with Crippen molar-refractivity contribution in [3.8, 4) is 0 Å². The van der Waals surface area contributed by atoms with Crippen LogP contribution < -0.4 is 11.1 Å². The molecule has 0 aliphatic rings. The van der Waals surface area contributed by atoms with Crippen LogP contribution in [0.1, 0.15) is 30.6 Å². The molecule has 0 heterocycles. The molecular weight excluding hydrogens is 297 g/mol. The first-order valence-corrected chi connectivity index (χ1v) is 7.01. The van der Waals surface area contributed by atoms with E-state index in [9.17, 15) is 4.79 Å². The van der Waals surface area contributed by atoms with E-state index in [1.165, 1.54) is 0 Å². The molecule has 1 aromatic rings. The summed E-state index contributed by atoms with van der Waals surface area (Å²) < 4.78 is 0. The molecule has 3 N–H and O–H groups in total. The van der Waals surface area contributed by atoms with E-state index >= 15 is 0 Å². The van der Waals surface area contributed by atoms with Gasteiger partial charge < -0.3 is 16.0 Å². The molecule has 0 spiro atoms. The highest BCUT2D eigenvalue weighted by molar-refractivity contribution is 6.34. The zero-order valence-electron chi connectivity index (χ0n) is 12.0. The number of halogens is 2. The summed E-state index contributed by atoms with van der Waals surface area (Å²) in [5, 5.41) is 3.26. The number of nitrogens with one attached hydrogen (secondary N) is 1. The SMILES string of the molecule is CCN(CC)CCCNC(=O)c1ccc(N)cc1Cl.Cl. The van der Waals surface area contributed by atoms with Gasteiger partial charge >= 0.3 is 0 Å². The van der Waals surface area contributed by atoms with Gasteiger partial charge in [0.1, 0.15) is 0 Å². The third kappa shape index (κ3) is 5.99. The van der Waals surface area contributed by atoms with E-state index < -0.39 is 0 Å². The highest BCUT2D eigenvalue weighted by Crippen LogP contribution is 2.18. The summed E-state index contributed by atoms with van der Waals surface area (Å²) in [7, 11) is 0. The van der Waals surface area contributed by atoms with Crippen LogP contribution in [0.4, 0.5) is 5.69 Å². The van der Waals surface area contributed by atoms with Crippen molar-refractivity contribution < 1.29 is 4.79 Å². The highest BCUT2D eigenvalue weighted by atomic mass is 35.5. The van der Waals surface area contributed by atoms with Gasteiger partial charge in [-0.2, -0.15) is 0 Å². The van der Waals surface area contributed by atoms with Crippen LogP contribution in [0.3, 0.4) is 0 Å². The molecule has 4 nitrogen and oxygen atoms in total. The molecule has 6 heteroatoms. The molecule has 1 aromatic carbocycles. The quantitative estimate of drug-likeness (QED) is 0.600. The summed E-state index contributed by atoms with van der Waals surface area (Å²) in [5.74, 6) is -0.149. The Labute approximate surface area is 132 Å².